The molecule has 0 radical (unpaired) electrons. The van der Waals surface area contributed by atoms with Crippen LogP contribution in [-0.4, -0.2) is 31.0 Å². The van der Waals surface area contributed by atoms with Crippen molar-refractivity contribution in [2.24, 2.45) is 0 Å². The van der Waals surface area contributed by atoms with Gasteiger partial charge >= 0.3 is 0 Å². The molecule has 1 aromatic rings. The number of methoxy groups -OCH3 is 1. The number of halogens is 3. The van der Waals surface area contributed by atoms with Crippen LogP contribution in [0.5, 0.6) is 0 Å². The van der Waals surface area contributed by atoms with Crippen molar-refractivity contribution in [3.05, 3.63) is 19.2 Å². The van der Waals surface area contributed by atoms with Gasteiger partial charge in [0, 0.05) is 13.7 Å². The molecule has 1 amide bonds. The van der Waals surface area contributed by atoms with E-state index in [2.05, 4.69) is 53.1 Å². The largest absolute Gasteiger partial charge is 0.383 e. The van der Waals surface area contributed by atoms with Gasteiger partial charge in [-0.05, 0) is 37.9 Å². The summed E-state index contributed by atoms with van der Waals surface area (Å²) in [6.07, 6.45) is 0. The SMILES string of the molecule is COCC(Br)CNC(=O)c1cc(Br)sc1Br. The maximum Gasteiger partial charge on any atom is 0.253 e. The summed E-state index contributed by atoms with van der Waals surface area (Å²) in [6, 6.07) is 1.80. The average Bonchev–Trinajstić information content (AvgIpc) is 2.55. The van der Waals surface area contributed by atoms with Gasteiger partial charge in [0.2, 0.25) is 0 Å². The Kier molecular flexibility index (Phi) is 6.50. The molecule has 7 heteroatoms. The fourth-order valence-electron chi connectivity index (χ4n) is 1.03. The number of carbonyl (C=O) groups excluding carboxylic acids is 1. The molecule has 0 fully saturated rings. The van der Waals surface area contributed by atoms with Crippen molar-refractivity contribution >= 4 is 65.0 Å². The first kappa shape index (κ1) is 14.6. The summed E-state index contributed by atoms with van der Waals surface area (Å²) in [7, 11) is 1.63. The average molecular weight is 436 g/mol. The van der Waals surface area contributed by atoms with E-state index in [1.807, 2.05) is 0 Å². The van der Waals surface area contributed by atoms with E-state index < -0.39 is 0 Å². The Labute approximate surface area is 123 Å². The van der Waals surface area contributed by atoms with Crippen molar-refractivity contribution in [2.75, 3.05) is 20.3 Å². The summed E-state index contributed by atoms with van der Waals surface area (Å²) in [5, 5.41) is 2.83. The van der Waals surface area contributed by atoms with E-state index in [1.165, 1.54) is 11.3 Å². The lowest BCUT2D eigenvalue weighted by atomic mass is 10.3. The second-order valence-corrected chi connectivity index (χ2v) is 8.04. The van der Waals surface area contributed by atoms with Crippen LogP contribution in [0.25, 0.3) is 0 Å². The highest BCUT2D eigenvalue weighted by molar-refractivity contribution is 9.12. The van der Waals surface area contributed by atoms with Crippen LogP contribution in [0.1, 0.15) is 10.4 Å². The van der Waals surface area contributed by atoms with Crippen molar-refractivity contribution in [2.45, 2.75) is 4.83 Å². The first-order valence-corrected chi connectivity index (χ1v) is 7.72. The molecule has 0 bridgehead atoms. The number of rotatable bonds is 5. The van der Waals surface area contributed by atoms with Crippen LogP contribution >= 0.6 is 59.1 Å². The predicted molar refractivity (Wildman–Crippen MR) is 76.6 cm³/mol. The number of alkyl halides is 1. The Bertz CT molecular complexity index is 370. The van der Waals surface area contributed by atoms with Gasteiger partial charge in [-0.15, -0.1) is 11.3 Å². The van der Waals surface area contributed by atoms with Gasteiger partial charge in [0.1, 0.15) is 0 Å². The summed E-state index contributed by atoms with van der Waals surface area (Å²) < 4.78 is 6.71. The molecule has 0 aliphatic rings. The van der Waals surface area contributed by atoms with Crippen molar-refractivity contribution in [1.82, 2.24) is 5.32 Å². The normalized spacial score (nSPS) is 12.5. The summed E-state index contributed by atoms with van der Waals surface area (Å²) in [5.74, 6) is -0.0885. The third-order valence-electron chi connectivity index (χ3n) is 1.73. The Morgan fingerprint density at radius 3 is 2.81 bits per heavy atom. The number of nitrogens with one attached hydrogen (secondary N) is 1. The van der Waals surface area contributed by atoms with Crippen molar-refractivity contribution in [3.63, 3.8) is 0 Å². The molecule has 1 heterocycles. The van der Waals surface area contributed by atoms with E-state index in [-0.39, 0.29) is 10.7 Å². The molecule has 1 rings (SSSR count). The zero-order valence-electron chi connectivity index (χ0n) is 8.43. The van der Waals surface area contributed by atoms with Gasteiger partial charge in [-0.3, -0.25) is 4.79 Å². The van der Waals surface area contributed by atoms with Crippen LogP contribution in [0, 0.1) is 0 Å². The molecule has 1 N–H and O–H groups in total. The highest BCUT2D eigenvalue weighted by Crippen LogP contribution is 2.31. The Hall–Kier alpha value is 0.570. The number of hydrogen-bond donors (Lipinski definition) is 1. The first-order chi connectivity index (χ1) is 7.54. The summed E-state index contributed by atoms with van der Waals surface area (Å²) >= 11 is 11.6. The molecule has 90 valence electrons. The summed E-state index contributed by atoms with van der Waals surface area (Å²) in [6.45, 7) is 1.10. The second-order valence-electron chi connectivity index (χ2n) is 3.00. The fraction of sp³-hybridized carbons (Fsp3) is 0.444. The predicted octanol–water partition coefficient (Wildman–Crippen LogP) is 3.41. The highest BCUT2D eigenvalue weighted by atomic mass is 79.9. The van der Waals surface area contributed by atoms with Gasteiger partial charge in [0.25, 0.3) is 5.91 Å². The third kappa shape index (κ3) is 4.44. The van der Waals surface area contributed by atoms with Gasteiger partial charge in [-0.1, -0.05) is 15.9 Å². The molecule has 1 unspecified atom stereocenters. The monoisotopic (exact) mass is 433 g/mol. The maximum absolute atomic E-state index is 11.8. The molecule has 1 aromatic heterocycles. The molecule has 1 atom stereocenters. The van der Waals surface area contributed by atoms with Gasteiger partial charge in [0.15, 0.2) is 0 Å². The van der Waals surface area contributed by atoms with Crippen LogP contribution in [0.2, 0.25) is 0 Å². The van der Waals surface area contributed by atoms with E-state index in [1.54, 1.807) is 13.2 Å². The molecule has 16 heavy (non-hydrogen) atoms. The topological polar surface area (TPSA) is 38.3 Å². The van der Waals surface area contributed by atoms with Gasteiger partial charge in [0.05, 0.1) is 24.6 Å². The molecule has 3 nitrogen and oxygen atoms in total. The molecule has 0 saturated carbocycles. The maximum atomic E-state index is 11.8. The van der Waals surface area contributed by atoms with Crippen molar-refractivity contribution < 1.29 is 9.53 Å². The number of amides is 1. The molecule has 0 aliphatic heterocycles. The van der Waals surface area contributed by atoms with Crippen molar-refractivity contribution in [3.8, 4) is 0 Å². The van der Waals surface area contributed by atoms with E-state index in [0.717, 1.165) is 7.57 Å². The lowest BCUT2D eigenvalue weighted by Crippen LogP contribution is -2.31. The Morgan fingerprint density at radius 2 is 2.31 bits per heavy atom. The van der Waals surface area contributed by atoms with E-state index in [0.29, 0.717) is 18.7 Å². The number of thiophene rings is 1. The quantitative estimate of drug-likeness (QED) is 0.720. The second kappa shape index (κ2) is 7.10. The molecular formula is C9H10Br3NO2S. The Morgan fingerprint density at radius 1 is 1.62 bits per heavy atom. The summed E-state index contributed by atoms with van der Waals surface area (Å²) in [4.78, 5) is 11.9. The van der Waals surface area contributed by atoms with Crippen LogP contribution < -0.4 is 5.32 Å². The molecular weight excluding hydrogens is 426 g/mol. The number of hydrogen-bond acceptors (Lipinski definition) is 3. The Balaban J connectivity index is 2.50. The van der Waals surface area contributed by atoms with Gasteiger partial charge < -0.3 is 10.1 Å². The van der Waals surface area contributed by atoms with Gasteiger partial charge in [-0.25, -0.2) is 0 Å². The van der Waals surface area contributed by atoms with Crippen molar-refractivity contribution in [1.29, 1.82) is 0 Å². The zero-order chi connectivity index (χ0) is 12.1. The van der Waals surface area contributed by atoms with Crippen LogP contribution in [0.4, 0.5) is 0 Å². The van der Waals surface area contributed by atoms with Crippen LogP contribution in [0.15, 0.2) is 13.6 Å². The highest BCUT2D eigenvalue weighted by Gasteiger charge is 2.14. The first-order valence-electron chi connectivity index (χ1n) is 4.40. The fourth-order valence-corrected chi connectivity index (χ4v) is 4.25. The smallest absolute Gasteiger partial charge is 0.253 e. The minimum absolute atomic E-state index is 0.0885. The lowest BCUT2D eigenvalue weighted by molar-refractivity contribution is 0.0950. The minimum atomic E-state index is -0.0885. The molecule has 0 aliphatic carbocycles. The third-order valence-corrected chi connectivity index (χ3v) is 4.66. The standard InChI is InChI=1S/C9H10Br3NO2S/c1-15-4-5(10)3-13-9(14)6-2-7(11)16-8(6)12/h2,5H,3-4H2,1H3,(H,13,14). The number of ether oxygens (including phenoxy) is 1. The van der Waals surface area contributed by atoms with Gasteiger partial charge in [-0.2, -0.15) is 0 Å². The molecule has 0 aromatic carbocycles. The zero-order valence-corrected chi connectivity index (χ0v) is 14.0. The van der Waals surface area contributed by atoms with E-state index in [9.17, 15) is 4.79 Å². The van der Waals surface area contributed by atoms with Crippen LogP contribution in [-0.2, 0) is 4.74 Å². The summed E-state index contributed by atoms with van der Waals surface area (Å²) in [5.41, 5.74) is 0.647. The lowest BCUT2D eigenvalue weighted by Gasteiger charge is -2.09. The van der Waals surface area contributed by atoms with E-state index in [4.69, 9.17) is 4.74 Å². The molecule has 0 saturated heterocycles. The van der Waals surface area contributed by atoms with Crippen LogP contribution in [0.3, 0.4) is 0 Å². The number of carbonyl (C=O) groups is 1. The molecule has 0 spiro atoms. The minimum Gasteiger partial charge on any atom is -0.383 e. The van der Waals surface area contributed by atoms with E-state index >= 15 is 0 Å².